The number of carboxylic acid groups (broad SMARTS) is 1. The molecule has 0 aliphatic heterocycles. The Balaban J connectivity index is 2.05. The van der Waals surface area contributed by atoms with E-state index in [1.54, 1.807) is 0 Å². The third-order valence-electron chi connectivity index (χ3n) is 2.61. The minimum Gasteiger partial charge on any atom is -0.480 e. The van der Waals surface area contributed by atoms with Crippen molar-refractivity contribution in [3.05, 3.63) is 0 Å². The van der Waals surface area contributed by atoms with E-state index in [1.807, 2.05) is 0 Å². The highest BCUT2D eigenvalue weighted by atomic mass is 16.4. The highest BCUT2D eigenvalue weighted by molar-refractivity contribution is 5.85. The fraction of sp³-hybridized carbons (Fsp3) is 0.818. The first-order chi connectivity index (χ1) is 7.92. The van der Waals surface area contributed by atoms with Crippen LogP contribution in [0, 0.1) is 0 Å². The summed E-state index contributed by atoms with van der Waals surface area (Å²) in [6.45, 7) is 4.32. The molecule has 0 spiro atoms. The monoisotopic (exact) mass is 243 g/mol. The molecule has 0 aromatic rings. The molecule has 6 nitrogen and oxygen atoms in total. The van der Waals surface area contributed by atoms with Gasteiger partial charge in [-0.25, -0.2) is 9.59 Å². The second-order valence-corrected chi connectivity index (χ2v) is 4.89. The zero-order chi connectivity index (χ0) is 12.9. The van der Waals surface area contributed by atoms with Crippen LogP contribution < -0.4 is 16.0 Å². The SMILES string of the molecule is CC(C)(NC(=O)NCCCNC1CC1)C(=O)O. The van der Waals surface area contributed by atoms with Crippen LogP contribution in [0.15, 0.2) is 0 Å². The largest absolute Gasteiger partial charge is 0.480 e. The average Bonchev–Trinajstić information content (AvgIpc) is 3.00. The van der Waals surface area contributed by atoms with Gasteiger partial charge in [0.05, 0.1) is 0 Å². The molecule has 0 radical (unpaired) electrons. The van der Waals surface area contributed by atoms with Crippen LogP contribution in [0.25, 0.3) is 0 Å². The van der Waals surface area contributed by atoms with E-state index < -0.39 is 17.5 Å². The van der Waals surface area contributed by atoms with Gasteiger partial charge in [0.2, 0.25) is 0 Å². The van der Waals surface area contributed by atoms with Crippen molar-refractivity contribution in [2.45, 2.75) is 44.7 Å². The van der Waals surface area contributed by atoms with Crippen molar-refractivity contribution in [1.82, 2.24) is 16.0 Å². The molecule has 0 bridgehead atoms. The van der Waals surface area contributed by atoms with Gasteiger partial charge >= 0.3 is 12.0 Å². The minimum absolute atomic E-state index is 0.441. The molecule has 1 saturated carbocycles. The molecule has 98 valence electrons. The van der Waals surface area contributed by atoms with Crippen LogP contribution in [0.4, 0.5) is 4.79 Å². The number of rotatable bonds is 7. The molecule has 1 aliphatic carbocycles. The first kappa shape index (κ1) is 13.8. The van der Waals surface area contributed by atoms with Crippen molar-refractivity contribution in [1.29, 1.82) is 0 Å². The number of aliphatic carboxylic acids is 1. The number of hydrogen-bond acceptors (Lipinski definition) is 3. The number of carbonyl (C=O) groups excluding carboxylic acids is 1. The van der Waals surface area contributed by atoms with Crippen LogP contribution in [0.3, 0.4) is 0 Å². The summed E-state index contributed by atoms with van der Waals surface area (Å²) in [5, 5.41) is 17.2. The van der Waals surface area contributed by atoms with Crippen molar-refractivity contribution in [3.8, 4) is 0 Å². The Kier molecular flexibility index (Phi) is 4.74. The van der Waals surface area contributed by atoms with E-state index in [0.29, 0.717) is 12.6 Å². The van der Waals surface area contributed by atoms with Gasteiger partial charge in [-0.3, -0.25) is 0 Å². The fourth-order valence-electron chi connectivity index (χ4n) is 1.27. The van der Waals surface area contributed by atoms with Crippen LogP contribution in [-0.2, 0) is 4.79 Å². The molecule has 0 aromatic carbocycles. The normalized spacial score (nSPS) is 15.4. The van der Waals surface area contributed by atoms with Gasteiger partial charge < -0.3 is 21.1 Å². The Bertz CT molecular complexity index is 288. The Morgan fingerprint density at radius 1 is 1.29 bits per heavy atom. The third kappa shape index (κ3) is 5.53. The predicted octanol–water partition coefficient (Wildman–Crippen LogP) is 0.291. The fourth-order valence-corrected chi connectivity index (χ4v) is 1.27. The molecule has 1 rings (SSSR count). The molecule has 1 fully saturated rings. The molecular weight excluding hydrogens is 222 g/mol. The van der Waals surface area contributed by atoms with E-state index in [0.717, 1.165) is 13.0 Å². The maximum Gasteiger partial charge on any atom is 0.328 e. The second-order valence-electron chi connectivity index (χ2n) is 4.89. The molecule has 0 saturated heterocycles. The lowest BCUT2D eigenvalue weighted by Crippen LogP contribution is -2.53. The first-order valence-electron chi connectivity index (χ1n) is 5.94. The summed E-state index contributed by atoms with van der Waals surface area (Å²) in [5.41, 5.74) is -1.24. The molecule has 0 atom stereocenters. The van der Waals surface area contributed by atoms with Crippen molar-refractivity contribution in [2.75, 3.05) is 13.1 Å². The van der Waals surface area contributed by atoms with Crippen molar-refractivity contribution >= 4 is 12.0 Å². The summed E-state index contributed by atoms with van der Waals surface area (Å²) in [5.74, 6) is -1.05. The Morgan fingerprint density at radius 3 is 2.47 bits per heavy atom. The molecule has 0 unspecified atom stereocenters. The lowest BCUT2D eigenvalue weighted by molar-refractivity contribution is -0.142. The van der Waals surface area contributed by atoms with E-state index in [-0.39, 0.29) is 0 Å². The van der Waals surface area contributed by atoms with E-state index in [2.05, 4.69) is 16.0 Å². The number of amides is 2. The Morgan fingerprint density at radius 2 is 1.94 bits per heavy atom. The highest BCUT2D eigenvalue weighted by Crippen LogP contribution is 2.18. The summed E-state index contributed by atoms with van der Waals surface area (Å²) in [6, 6.07) is 0.235. The topological polar surface area (TPSA) is 90.5 Å². The van der Waals surface area contributed by atoms with E-state index >= 15 is 0 Å². The summed E-state index contributed by atoms with van der Waals surface area (Å²) in [7, 11) is 0. The number of carboxylic acids is 1. The molecule has 1 aliphatic rings. The average molecular weight is 243 g/mol. The second kappa shape index (κ2) is 5.86. The molecule has 4 N–H and O–H groups in total. The molecule has 2 amide bonds. The summed E-state index contributed by atoms with van der Waals surface area (Å²) in [4.78, 5) is 22.1. The van der Waals surface area contributed by atoms with E-state index in [4.69, 9.17) is 5.11 Å². The Hall–Kier alpha value is -1.30. The maximum absolute atomic E-state index is 11.4. The first-order valence-corrected chi connectivity index (χ1v) is 5.94. The van der Waals surface area contributed by atoms with Crippen LogP contribution >= 0.6 is 0 Å². The highest BCUT2D eigenvalue weighted by Gasteiger charge is 2.28. The van der Waals surface area contributed by atoms with E-state index in [9.17, 15) is 9.59 Å². The lowest BCUT2D eigenvalue weighted by Gasteiger charge is -2.21. The van der Waals surface area contributed by atoms with Gasteiger partial charge in [-0.1, -0.05) is 0 Å². The van der Waals surface area contributed by atoms with Gasteiger partial charge in [0.15, 0.2) is 0 Å². The van der Waals surface area contributed by atoms with Crippen molar-refractivity contribution < 1.29 is 14.7 Å². The van der Waals surface area contributed by atoms with Gasteiger partial charge in [-0.15, -0.1) is 0 Å². The van der Waals surface area contributed by atoms with Crippen LogP contribution in [0.2, 0.25) is 0 Å². The molecule has 0 heterocycles. The zero-order valence-electron chi connectivity index (χ0n) is 10.4. The predicted molar refractivity (Wildman–Crippen MR) is 63.9 cm³/mol. The smallest absolute Gasteiger partial charge is 0.328 e. The van der Waals surface area contributed by atoms with Gasteiger partial charge in [0, 0.05) is 12.6 Å². The summed E-state index contributed by atoms with van der Waals surface area (Å²) in [6.07, 6.45) is 3.35. The maximum atomic E-state index is 11.4. The van der Waals surface area contributed by atoms with Crippen molar-refractivity contribution in [2.24, 2.45) is 0 Å². The van der Waals surface area contributed by atoms with Crippen LogP contribution in [-0.4, -0.2) is 41.8 Å². The van der Waals surface area contributed by atoms with Crippen LogP contribution in [0.1, 0.15) is 33.1 Å². The van der Waals surface area contributed by atoms with Gasteiger partial charge in [0.25, 0.3) is 0 Å². The van der Waals surface area contributed by atoms with Gasteiger partial charge in [-0.05, 0) is 39.7 Å². The number of carbonyl (C=O) groups is 2. The van der Waals surface area contributed by atoms with Crippen LogP contribution in [0.5, 0.6) is 0 Å². The summed E-state index contributed by atoms with van der Waals surface area (Å²) >= 11 is 0. The molecule has 6 heteroatoms. The Labute approximate surface area is 101 Å². The van der Waals surface area contributed by atoms with E-state index in [1.165, 1.54) is 26.7 Å². The molecule has 17 heavy (non-hydrogen) atoms. The lowest BCUT2D eigenvalue weighted by atomic mass is 10.1. The zero-order valence-corrected chi connectivity index (χ0v) is 10.4. The summed E-state index contributed by atoms with van der Waals surface area (Å²) < 4.78 is 0. The minimum atomic E-state index is -1.24. The number of urea groups is 1. The number of nitrogens with one attached hydrogen (secondary N) is 3. The van der Waals surface area contributed by atoms with Gasteiger partial charge in [-0.2, -0.15) is 0 Å². The molecule has 0 aromatic heterocycles. The van der Waals surface area contributed by atoms with Gasteiger partial charge in [0.1, 0.15) is 5.54 Å². The standard InChI is InChI=1S/C11H21N3O3/c1-11(2,9(15)16)14-10(17)13-7-3-6-12-8-4-5-8/h8,12H,3-7H2,1-2H3,(H,15,16)(H2,13,14,17). The van der Waals surface area contributed by atoms with Crippen molar-refractivity contribution in [3.63, 3.8) is 0 Å². The quantitative estimate of drug-likeness (QED) is 0.484. The molecular formula is C11H21N3O3. The number of hydrogen-bond donors (Lipinski definition) is 4. The third-order valence-corrected chi connectivity index (χ3v) is 2.61.